The molecule has 5 nitrogen and oxygen atoms in total. The molecule has 6 heteroatoms. The number of nitrogens with two attached hydrogens (primary N) is 1. The number of amides is 1. The molecule has 0 saturated carbocycles. The zero-order chi connectivity index (χ0) is 19.9. The minimum atomic E-state index is -3.58. The van der Waals surface area contributed by atoms with Crippen molar-refractivity contribution in [2.24, 2.45) is 11.7 Å². The SMILES string of the molecule is CC(C)[C@H](N)C(=O)N[C@H](/C=C/S(=O)(=O)c1ccccc1)Cc1ccccc1. The Morgan fingerprint density at radius 2 is 1.59 bits per heavy atom. The lowest BCUT2D eigenvalue weighted by atomic mass is 10.0. The van der Waals surface area contributed by atoms with E-state index in [4.69, 9.17) is 5.73 Å². The number of hydrogen-bond donors (Lipinski definition) is 2. The van der Waals surface area contributed by atoms with Crippen LogP contribution in [-0.4, -0.2) is 26.4 Å². The summed E-state index contributed by atoms with van der Waals surface area (Å²) in [6, 6.07) is 16.6. The van der Waals surface area contributed by atoms with Gasteiger partial charge in [-0.2, -0.15) is 0 Å². The summed E-state index contributed by atoms with van der Waals surface area (Å²) in [5, 5.41) is 4.01. The van der Waals surface area contributed by atoms with Gasteiger partial charge in [-0.25, -0.2) is 8.42 Å². The predicted octanol–water partition coefficient (Wildman–Crippen LogP) is 2.68. The molecule has 0 aliphatic carbocycles. The molecule has 2 aromatic rings. The van der Waals surface area contributed by atoms with Crippen LogP contribution in [0, 0.1) is 5.92 Å². The van der Waals surface area contributed by atoms with Crippen molar-refractivity contribution in [2.45, 2.75) is 37.2 Å². The molecule has 3 N–H and O–H groups in total. The molecule has 0 aliphatic rings. The van der Waals surface area contributed by atoms with E-state index in [9.17, 15) is 13.2 Å². The van der Waals surface area contributed by atoms with Gasteiger partial charge >= 0.3 is 0 Å². The van der Waals surface area contributed by atoms with E-state index in [0.717, 1.165) is 11.0 Å². The first-order valence-corrected chi connectivity index (χ1v) is 10.4. The number of carbonyl (C=O) groups is 1. The number of benzene rings is 2. The Morgan fingerprint density at radius 3 is 2.15 bits per heavy atom. The molecule has 0 heterocycles. The van der Waals surface area contributed by atoms with Crippen molar-refractivity contribution in [2.75, 3.05) is 0 Å². The van der Waals surface area contributed by atoms with Crippen LogP contribution in [0.2, 0.25) is 0 Å². The Bertz CT molecular complexity index is 863. The summed E-state index contributed by atoms with van der Waals surface area (Å²) >= 11 is 0. The van der Waals surface area contributed by atoms with Crippen LogP contribution in [0.1, 0.15) is 19.4 Å². The third-order valence-electron chi connectivity index (χ3n) is 4.21. The second-order valence-corrected chi connectivity index (χ2v) is 8.59. The van der Waals surface area contributed by atoms with Crippen LogP contribution in [-0.2, 0) is 21.1 Å². The second kappa shape index (κ2) is 9.48. The average molecular weight is 387 g/mol. The molecular formula is C21H26N2O3S. The van der Waals surface area contributed by atoms with Gasteiger partial charge < -0.3 is 11.1 Å². The van der Waals surface area contributed by atoms with Crippen LogP contribution in [0.15, 0.2) is 77.0 Å². The van der Waals surface area contributed by atoms with Crippen molar-refractivity contribution in [1.82, 2.24) is 5.32 Å². The highest BCUT2D eigenvalue weighted by molar-refractivity contribution is 7.94. The summed E-state index contributed by atoms with van der Waals surface area (Å²) < 4.78 is 25.0. The zero-order valence-corrected chi connectivity index (χ0v) is 16.4. The molecule has 0 spiro atoms. The van der Waals surface area contributed by atoms with Crippen molar-refractivity contribution in [3.8, 4) is 0 Å². The first-order chi connectivity index (χ1) is 12.8. The molecule has 1 amide bonds. The van der Waals surface area contributed by atoms with E-state index in [2.05, 4.69) is 5.32 Å². The molecule has 2 rings (SSSR count). The standard InChI is InChI=1S/C21H26N2O3S/c1-16(2)20(22)21(24)23-18(15-17-9-5-3-6-10-17)13-14-27(25,26)19-11-7-4-8-12-19/h3-14,16,18,20H,15,22H2,1-2H3,(H,23,24)/b14-13+/t18-,20+/m1/s1. The summed E-state index contributed by atoms with van der Waals surface area (Å²) in [6.07, 6.45) is 1.98. The van der Waals surface area contributed by atoms with Gasteiger partial charge in [-0.05, 0) is 30.0 Å². The van der Waals surface area contributed by atoms with Gasteiger partial charge in [0.25, 0.3) is 0 Å². The van der Waals surface area contributed by atoms with E-state index in [1.165, 1.54) is 6.08 Å². The van der Waals surface area contributed by atoms with Gasteiger partial charge in [-0.3, -0.25) is 4.79 Å². The van der Waals surface area contributed by atoms with Gasteiger partial charge in [0.1, 0.15) is 0 Å². The summed E-state index contributed by atoms with van der Waals surface area (Å²) in [4.78, 5) is 12.6. The van der Waals surface area contributed by atoms with Gasteiger partial charge in [0.15, 0.2) is 9.84 Å². The van der Waals surface area contributed by atoms with Crippen LogP contribution in [0.4, 0.5) is 0 Å². The molecule has 0 unspecified atom stereocenters. The molecule has 0 bridgehead atoms. The normalized spacial score (nSPS) is 14.2. The highest BCUT2D eigenvalue weighted by Gasteiger charge is 2.20. The molecule has 0 fully saturated rings. The number of hydrogen-bond acceptors (Lipinski definition) is 4. The van der Waals surface area contributed by atoms with Crippen molar-refractivity contribution < 1.29 is 13.2 Å². The number of rotatable bonds is 8. The molecule has 2 aromatic carbocycles. The van der Waals surface area contributed by atoms with Gasteiger partial charge in [-0.15, -0.1) is 0 Å². The Hall–Kier alpha value is -2.44. The van der Waals surface area contributed by atoms with Gasteiger partial charge in [0.2, 0.25) is 5.91 Å². The second-order valence-electron chi connectivity index (χ2n) is 6.76. The monoisotopic (exact) mass is 386 g/mol. The van der Waals surface area contributed by atoms with E-state index in [1.807, 2.05) is 44.2 Å². The van der Waals surface area contributed by atoms with Crippen LogP contribution in [0.5, 0.6) is 0 Å². The third kappa shape index (κ3) is 6.34. The Kier molecular flexibility index (Phi) is 7.33. The van der Waals surface area contributed by atoms with Crippen LogP contribution >= 0.6 is 0 Å². The average Bonchev–Trinajstić information content (AvgIpc) is 2.67. The minimum Gasteiger partial charge on any atom is -0.348 e. The van der Waals surface area contributed by atoms with E-state index < -0.39 is 21.9 Å². The lowest BCUT2D eigenvalue weighted by Gasteiger charge is -2.20. The summed E-state index contributed by atoms with van der Waals surface area (Å²) in [7, 11) is -3.58. The van der Waals surface area contributed by atoms with E-state index in [1.54, 1.807) is 30.3 Å². The van der Waals surface area contributed by atoms with Crippen molar-refractivity contribution >= 4 is 15.7 Å². The Morgan fingerprint density at radius 1 is 1.04 bits per heavy atom. The topological polar surface area (TPSA) is 89.3 Å². The lowest BCUT2D eigenvalue weighted by Crippen LogP contribution is -2.47. The Balaban J connectivity index is 2.22. The maximum atomic E-state index is 12.5. The Labute approximate surface area is 161 Å². The van der Waals surface area contributed by atoms with Crippen LogP contribution in [0.25, 0.3) is 0 Å². The lowest BCUT2D eigenvalue weighted by molar-refractivity contribution is -0.123. The summed E-state index contributed by atoms with van der Waals surface area (Å²) in [6.45, 7) is 3.73. The van der Waals surface area contributed by atoms with E-state index >= 15 is 0 Å². The molecule has 0 radical (unpaired) electrons. The first-order valence-electron chi connectivity index (χ1n) is 8.88. The summed E-state index contributed by atoms with van der Waals surface area (Å²) in [5.74, 6) is -0.313. The smallest absolute Gasteiger partial charge is 0.237 e. The number of nitrogens with one attached hydrogen (secondary N) is 1. The molecule has 2 atom stereocenters. The molecule has 144 valence electrons. The fourth-order valence-electron chi connectivity index (χ4n) is 2.50. The highest BCUT2D eigenvalue weighted by Crippen LogP contribution is 2.13. The maximum absolute atomic E-state index is 12.5. The molecule has 0 saturated heterocycles. The van der Waals surface area contributed by atoms with Crippen molar-refractivity contribution in [1.29, 1.82) is 0 Å². The number of carbonyl (C=O) groups excluding carboxylic acids is 1. The maximum Gasteiger partial charge on any atom is 0.237 e. The van der Waals surface area contributed by atoms with E-state index in [-0.39, 0.29) is 16.7 Å². The zero-order valence-electron chi connectivity index (χ0n) is 15.6. The highest BCUT2D eigenvalue weighted by atomic mass is 32.2. The van der Waals surface area contributed by atoms with Crippen LogP contribution < -0.4 is 11.1 Å². The molecular weight excluding hydrogens is 360 g/mol. The van der Waals surface area contributed by atoms with Crippen molar-refractivity contribution in [3.05, 3.63) is 77.7 Å². The summed E-state index contributed by atoms with van der Waals surface area (Å²) in [5.41, 5.74) is 6.91. The van der Waals surface area contributed by atoms with Gasteiger partial charge in [-0.1, -0.05) is 68.5 Å². The molecule has 0 aromatic heterocycles. The van der Waals surface area contributed by atoms with Crippen molar-refractivity contribution in [3.63, 3.8) is 0 Å². The first kappa shape index (κ1) is 20.9. The molecule has 27 heavy (non-hydrogen) atoms. The minimum absolute atomic E-state index is 0.0144. The third-order valence-corrected chi connectivity index (χ3v) is 5.65. The van der Waals surface area contributed by atoms with E-state index in [0.29, 0.717) is 6.42 Å². The van der Waals surface area contributed by atoms with Gasteiger partial charge in [0, 0.05) is 5.41 Å². The van der Waals surface area contributed by atoms with Gasteiger partial charge in [0.05, 0.1) is 17.0 Å². The quantitative estimate of drug-likeness (QED) is 0.730. The fourth-order valence-corrected chi connectivity index (χ4v) is 3.59. The fraction of sp³-hybridized carbons (Fsp3) is 0.286. The molecule has 0 aliphatic heterocycles. The van der Waals surface area contributed by atoms with Crippen LogP contribution in [0.3, 0.4) is 0 Å². The predicted molar refractivity (Wildman–Crippen MR) is 108 cm³/mol. The number of sulfone groups is 1. The largest absolute Gasteiger partial charge is 0.348 e.